The van der Waals surface area contributed by atoms with E-state index in [4.69, 9.17) is 23.4 Å². The minimum Gasteiger partial charge on any atom is -0.507 e. The molecule has 1 N–H and O–H groups in total. The third kappa shape index (κ3) is 7.61. The monoisotopic (exact) mass is 833 g/mol. The summed E-state index contributed by atoms with van der Waals surface area (Å²) in [5, 5.41) is 16.8. The Morgan fingerprint density at radius 3 is 2.08 bits per heavy atom. The van der Waals surface area contributed by atoms with Crippen molar-refractivity contribution in [3.05, 3.63) is 112 Å². The molecule has 1 fully saturated rings. The van der Waals surface area contributed by atoms with Gasteiger partial charge < -0.3 is 33.3 Å². The van der Waals surface area contributed by atoms with Crippen molar-refractivity contribution in [2.45, 2.75) is 76.6 Å². The average Bonchev–Trinajstić information content (AvgIpc) is 3.61. The number of ether oxygens (including phenoxy) is 2. The Morgan fingerprint density at radius 2 is 1.52 bits per heavy atom. The van der Waals surface area contributed by atoms with Gasteiger partial charge in [-0.05, 0) is 87.4 Å². The van der Waals surface area contributed by atoms with Gasteiger partial charge in [-0.2, -0.15) is 0 Å². The van der Waals surface area contributed by atoms with Gasteiger partial charge in [0.1, 0.15) is 36.0 Å². The molecule has 13 heteroatoms. The molecule has 0 amide bonds. The van der Waals surface area contributed by atoms with E-state index in [-0.39, 0.29) is 41.0 Å². The number of hydrogen-bond donors (Lipinski definition) is 1. The van der Waals surface area contributed by atoms with Gasteiger partial charge in [0.05, 0.1) is 11.6 Å². The predicted octanol–water partition coefficient (Wildman–Crippen LogP) is 8.16. The van der Waals surface area contributed by atoms with Crippen LogP contribution < -0.4 is 14.4 Å². The van der Waals surface area contributed by atoms with Crippen LogP contribution in [0.2, 0.25) is 18.1 Å². The number of rotatable bonds is 13. The number of carbonyl (C=O) groups excluding carboxylic acids is 2. The maximum atomic E-state index is 16.0. The molecule has 60 heavy (non-hydrogen) atoms. The minimum absolute atomic E-state index is 0.0110. The van der Waals surface area contributed by atoms with E-state index in [1.54, 1.807) is 0 Å². The van der Waals surface area contributed by atoms with Crippen LogP contribution >= 0.6 is 0 Å². The van der Waals surface area contributed by atoms with Gasteiger partial charge in [-0.3, -0.25) is 14.5 Å². The number of nitrogens with zero attached hydrogens (tertiary/aromatic N) is 5. The first-order valence-electron chi connectivity index (χ1n) is 20.7. The van der Waals surface area contributed by atoms with Gasteiger partial charge in [0.2, 0.25) is 11.6 Å². The smallest absolute Gasteiger partial charge is 0.265 e. The molecule has 0 aliphatic heterocycles. The summed E-state index contributed by atoms with van der Waals surface area (Å²) in [5.41, 5.74) is 1.75. The van der Waals surface area contributed by atoms with Gasteiger partial charge in [0, 0.05) is 37.7 Å². The van der Waals surface area contributed by atoms with Crippen LogP contribution in [0.15, 0.2) is 76.8 Å². The molecule has 2 heterocycles. The molecule has 0 unspecified atom stereocenters. The van der Waals surface area contributed by atoms with Crippen molar-refractivity contribution in [3.8, 4) is 11.6 Å². The third-order valence-electron chi connectivity index (χ3n) is 12.5. The fourth-order valence-electron chi connectivity index (χ4n) is 8.63. The Morgan fingerprint density at radius 1 is 0.900 bits per heavy atom. The number of aliphatic hydroxyl groups excluding tert-OH is 1. The highest BCUT2D eigenvalue weighted by Gasteiger charge is 2.69. The van der Waals surface area contributed by atoms with E-state index in [1.165, 1.54) is 0 Å². The Kier molecular flexibility index (Phi) is 11.8. The summed E-state index contributed by atoms with van der Waals surface area (Å²) >= 11 is 0. The van der Waals surface area contributed by atoms with E-state index < -0.39 is 43.4 Å². The summed E-state index contributed by atoms with van der Waals surface area (Å²) in [4.78, 5) is 42.8. The highest BCUT2D eigenvalue weighted by Crippen LogP contribution is 2.59. The molecule has 0 radical (unpaired) electrons. The maximum Gasteiger partial charge on any atom is 0.265 e. The normalized spacial score (nSPS) is 21.6. The summed E-state index contributed by atoms with van der Waals surface area (Å²) in [7, 11) is 8.71. The van der Waals surface area contributed by atoms with Gasteiger partial charge in [0.15, 0.2) is 25.4 Å². The SMILES string of the molecule is CN(C)C/C=C/c1nc(N(C)C)c2c(c1OCc1ccccc1)C(O)=C1C(=O)[C@]3(O[Si](C)(C)C(C)(C)C)C(=O)c4c(OCc5ccccc5)noc4[C@@H](N(C)C)[C@@H]3C[C@@H]1C2. The number of aromatic nitrogens is 2. The van der Waals surface area contributed by atoms with E-state index in [9.17, 15) is 5.11 Å². The van der Waals surface area contributed by atoms with Crippen LogP contribution in [0.5, 0.6) is 11.6 Å². The summed E-state index contributed by atoms with van der Waals surface area (Å²) in [6.45, 7) is 11.3. The van der Waals surface area contributed by atoms with E-state index in [0.717, 1.165) is 16.7 Å². The molecule has 318 valence electrons. The third-order valence-corrected chi connectivity index (χ3v) is 17.0. The standard InChI is InChI=1S/C47H59N5O7Si/c1-46(2,3)60(10,11)59-47-33(38(51(6)7)41-37(43(47)55)45(49-58-41)57-28-30-21-16-13-17-22-30)26-31-25-32-36(39(53)35(31)42(47)54)40(56-27-29-19-14-12-15-20-29)34(23-18-24-50(4)5)48-44(32)52(8)9/h12-23,31,33,38,53H,24-28H2,1-11H3/b23-18+/t31-,33-,38-,47-/m0/s1. The molecule has 3 aliphatic rings. The minimum atomic E-state index is -2.93. The van der Waals surface area contributed by atoms with Crippen molar-refractivity contribution < 1.29 is 33.1 Å². The van der Waals surface area contributed by atoms with E-state index in [1.807, 2.05) is 143 Å². The molecule has 12 nitrogen and oxygen atoms in total. The number of anilines is 1. The van der Waals surface area contributed by atoms with Crippen LogP contribution in [0.25, 0.3) is 11.8 Å². The molecule has 4 aromatic rings. The fraction of sp³-hybridized carbons (Fsp3) is 0.447. The Hall–Kier alpha value is -5.08. The quantitative estimate of drug-likeness (QED) is 0.103. The van der Waals surface area contributed by atoms with Gasteiger partial charge in [0.25, 0.3) is 5.88 Å². The van der Waals surface area contributed by atoms with Crippen molar-refractivity contribution in [2.75, 3.05) is 53.7 Å². The Labute approximate surface area is 354 Å². The first-order chi connectivity index (χ1) is 28.4. The van der Waals surface area contributed by atoms with Crippen molar-refractivity contribution >= 4 is 37.5 Å². The second kappa shape index (κ2) is 16.4. The second-order valence-electron chi connectivity index (χ2n) is 18.5. The van der Waals surface area contributed by atoms with E-state index in [0.29, 0.717) is 48.0 Å². The van der Waals surface area contributed by atoms with Crippen molar-refractivity contribution in [1.29, 1.82) is 0 Å². The van der Waals surface area contributed by atoms with E-state index >= 15 is 9.59 Å². The number of benzene rings is 2. The lowest BCUT2D eigenvalue weighted by atomic mass is 9.57. The summed E-state index contributed by atoms with van der Waals surface area (Å²) in [6.07, 6.45) is 4.61. The number of pyridine rings is 1. The predicted molar refractivity (Wildman–Crippen MR) is 236 cm³/mol. The van der Waals surface area contributed by atoms with Crippen molar-refractivity contribution in [1.82, 2.24) is 19.9 Å². The summed E-state index contributed by atoms with van der Waals surface area (Å²) in [5.74, 6) is -1.10. The number of aliphatic hydroxyl groups is 1. The summed E-state index contributed by atoms with van der Waals surface area (Å²) < 4.78 is 26.3. The van der Waals surface area contributed by atoms with Crippen LogP contribution in [-0.2, 0) is 28.9 Å². The Bertz CT molecular complexity index is 2310. The lowest BCUT2D eigenvalue weighted by molar-refractivity contribution is -0.140. The van der Waals surface area contributed by atoms with Crippen LogP contribution in [0.1, 0.15) is 77.3 Å². The molecule has 3 aliphatic carbocycles. The number of carbonyl (C=O) groups is 2. The first kappa shape index (κ1) is 43.0. The van der Waals surface area contributed by atoms with Gasteiger partial charge in [-0.25, -0.2) is 4.98 Å². The number of likely N-dealkylation sites (N-methyl/N-ethyl adjacent to an activating group) is 1. The number of ketones is 2. The molecular formula is C47H59N5O7Si. The van der Waals surface area contributed by atoms with Gasteiger partial charge in [-0.15, -0.1) is 0 Å². The topological polar surface area (TPSA) is 131 Å². The zero-order valence-electron chi connectivity index (χ0n) is 36.8. The zero-order valence-corrected chi connectivity index (χ0v) is 37.8. The summed E-state index contributed by atoms with van der Waals surface area (Å²) in [6, 6.07) is 18.8. The molecule has 7 rings (SSSR count). The van der Waals surface area contributed by atoms with Crippen LogP contribution in [-0.4, -0.2) is 99.4 Å². The average molecular weight is 834 g/mol. The van der Waals surface area contributed by atoms with Gasteiger partial charge >= 0.3 is 0 Å². The first-order valence-corrected chi connectivity index (χ1v) is 23.6. The molecule has 0 spiro atoms. The lowest BCUT2D eigenvalue weighted by Gasteiger charge is -2.55. The number of hydrogen-bond acceptors (Lipinski definition) is 12. The molecule has 2 aromatic heterocycles. The number of fused-ring (bicyclic) bond motifs is 4. The molecule has 1 saturated carbocycles. The van der Waals surface area contributed by atoms with Crippen molar-refractivity contribution in [2.24, 2.45) is 11.8 Å². The molecular weight excluding hydrogens is 775 g/mol. The van der Waals surface area contributed by atoms with E-state index in [2.05, 4.69) is 25.9 Å². The fourth-order valence-corrected chi connectivity index (χ4v) is 10.1. The second-order valence-corrected chi connectivity index (χ2v) is 23.2. The van der Waals surface area contributed by atoms with Crippen LogP contribution in [0.3, 0.4) is 0 Å². The highest BCUT2D eigenvalue weighted by molar-refractivity contribution is 6.74. The van der Waals surface area contributed by atoms with Crippen molar-refractivity contribution in [3.63, 3.8) is 0 Å². The Balaban J connectivity index is 1.45. The van der Waals surface area contributed by atoms with Crippen LogP contribution in [0.4, 0.5) is 5.82 Å². The molecule has 2 aromatic carbocycles. The molecule has 4 atom stereocenters. The highest BCUT2D eigenvalue weighted by atomic mass is 28.4. The van der Waals surface area contributed by atoms with Crippen LogP contribution in [0, 0.1) is 11.8 Å². The molecule has 0 bridgehead atoms. The maximum absolute atomic E-state index is 16.0. The largest absolute Gasteiger partial charge is 0.507 e. The molecule has 0 saturated heterocycles. The zero-order chi connectivity index (χ0) is 43.3. The number of Topliss-reactive ketones (excluding diaryl/α,β-unsaturated/α-hetero) is 2. The van der Waals surface area contributed by atoms with Gasteiger partial charge in [-0.1, -0.05) is 87.5 Å². The lowest BCUT2D eigenvalue weighted by Crippen LogP contribution is -2.68.